The fraction of sp³-hybridized carbons (Fsp3) is 0.438. The smallest absolute Gasteiger partial charge is 0.253 e. The number of benzene rings is 1. The van der Waals surface area contributed by atoms with Crippen molar-refractivity contribution in [3.8, 4) is 0 Å². The van der Waals surface area contributed by atoms with E-state index >= 15 is 0 Å². The Morgan fingerprint density at radius 3 is 2.54 bits per heavy atom. The van der Waals surface area contributed by atoms with E-state index in [9.17, 15) is 13.2 Å². The summed E-state index contributed by atoms with van der Waals surface area (Å²) in [4.78, 5) is 14.5. The molecule has 1 aromatic heterocycles. The van der Waals surface area contributed by atoms with Gasteiger partial charge in [0, 0.05) is 37.8 Å². The highest BCUT2D eigenvalue weighted by molar-refractivity contribution is 7.90. The standard InChI is InChI=1S/C16H19N3O4S/c1-11-17-18-15(23-11)12-6-8-19(9-7-12)16(20)13-4-3-5-14(10-13)24(2,21)22/h3-5,10,12H,6-9H2,1-2H3. The van der Waals surface area contributed by atoms with E-state index in [0.29, 0.717) is 30.4 Å². The zero-order chi connectivity index (χ0) is 17.3. The van der Waals surface area contributed by atoms with Crippen molar-refractivity contribution in [1.29, 1.82) is 0 Å². The van der Waals surface area contributed by atoms with Crippen molar-refractivity contribution >= 4 is 15.7 Å². The second kappa shape index (κ2) is 6.35. The molecule has 0 unspecified atom stereocenters. The number of rotatable bonds is 3. The van der Waals surface area contributed by atoms with Crippen LogP contribution >= 0.6 is 0 Å². The molecule has 1 amide bonds. The van der Waals surface area contributed by atoms with Crippen LogP contribution in [0, 0.1) is 6.92 Å². The van der Waals surface area contributed by atoms with Gasteiger partial charge in [-0.25, -0.2) is 8.42 Å². The Hall–Kier alpha value is -2.22. The topological polar surface area (TPSA) is 93.4 Å². The van der Waals surface area contributed by atoms with Gasteiger partial charge in [-0.3, -0.25) is 4.79 Å². The molecule has 0 radical (unpaired) electrons. The van der Waals surface area contributed by atoms with Gasteiger partial charge < -0.3 is 9.32 Å². The summed E-state index contributed by atoms with van der Waals surface area (Å²) in [6.45, 7) is 2.91. The SMILES string of the molecule is Cc1nnc(C2CCN(C(=O)c3cccc(S(C)(=O)=O)c3)CC2)o1. The predicted octanol–water partition coefficient (Wildman–Crippen LogP) is 1.80. The second-order valence-electron chi connectivity index (χ2n) is 6.03. The van der Waals surface area contributed by atoms with Gasteiger partial charge in [0.25, 0.3) is 5.91 Å². The summed E-state index contributed by atoms with van der Waals surface area (Å²) in [6, 6.07) is 6.17. The average molecular weight is 349 g/mol. The number of hydrogen-bond donors (Lipinski definition) is 0. The summed E-state index contributed by atoms with van der Waals surface area (Å²) in [5.41, 5.74) is 0.394. The van der Waals surface area contributed by atoms with E-state index in [4.69, 9.17) is 4.42 Å². The van der Waals surface area contributed by atoms with Crippen LogP contribution in [-0.2, 0) is 9.84 Å². The lowest BCUT2D eigenvalue weighted by Crippen LogP contribution is -2.38. The van der Waals surface area contributed by atoms with Crippen LogP contribution in [0.1, 0.15) is 40.9 Å². The normalized spacial score (nSPS) is 16.3. The minimum Gasteiger partial charge on any atom is -0.425 e. The lowest BCUT2D eigenvalue weighted by molar-refractivity contribution is 0.0705. The Bertz CT molecular complexity index is 852. The molecule has 0 spiro atoms. The van der Waals surface area contributed by atoms with Crippen molar-refractivity contribution in [2.45, 2.75) is 30.6 Å². The Morgan fingerprint density at radius 1 is 1.25 bits per heavy atom. The Labute approximate surface area is 140 Å². The van der Waals surface area contributed by atoms with Gasteiger partial charge >= 0.3 is 0 Å². The maximum Gasteiger partial charge on any atom is 0.253 e. The van der Waals surface area contributed by atoms with Crippen LogP contribution in [0.4, 0.5) is 0 Å². The highest BCUT2D eigenvalue weighted by atomic mass is 32.2. The number of hydrogen-bond acceptors (Lipinski definition) is 6. The van der Waals surface area contributed by atoms with Crippen LogP contribution in [0.5, 0.6) is 0 Å². The van der Waals surface area contributed by atoms with E-state index in [1.165, 1.54) is 12.1 Å². The number of carbonyl (C=O) groups excluding carboxylic acids is 1. The van der Waals surface area contributed by atoms with Gasteiger partial charge in [0.1, 0.15) is 0 Å². The summed E-state index contributed by atoms with van der Waals surface area (Å²) in [5, 5.41) is 7.89. The molecule has 1 saturated heterocycles. The van der Waals surface area contributed by atoms with Crippen LogP contribution in [0.2, 0.25) is 0 Å². The number of amides is 1. The van der Waals surface area contributed by atoms with Gasteiger partial charge in [0.2, 0.25) is 11.8 Å². The molecule has 2 aromatic rings. The molecule has 3 rings (SSSR count). The predicted molar refractivity (Wildman–Crippen MR) is 86.5 cm³/mol. The van der Waals surface area contributed by atoms with Gasteiger partial charge in [-0.2, -0.15) is 0 Å². The molecule has 24 heavy (non-hydrogen) atoms. The molecule has 0 bridgehead atoms. The molecule has 0 atom stereocenters. The van der Waals surface area contributed by atoms with Gasteiger partial charge in [-0.15, -0.1) is 10.2 Å². The van der Waals surface area contributed by atoms with E-state index in [-0.39, 0.29) is 16.7 Å². The second-order valence-corrected chi connectivity index (χ2v) is 8.04. The maximum absolute atomic E-state index is 12.6. The number of nitrogens with zero attached hydrogens (tertiary/aromatic N) is 3. The van der Waals surface area contributed by atoms with Crippen LogP contribution in [-0.4, -0.2) is 48.8 Å². The van der Waals surface area contributed by atoms with E-state index < -0.39 is 9.84 Å². The van der Waals surface area contributed by atoms with E-state index in [1.807, 2.05) is 0 Å². The van der Waals surface area contributed by atoms with E-state index in [1.54, 1.807) is 24.0 Å². The monoisotopic (exact) mass is 349 g/mol. The number of aryl methyl sites for hydroxylation is 1. The number of likely N-dealkylation sites (tertiary alicyclic amines) is 1. The zero-order valence-corrected chi connectivity index (χ0v) is 14.4. The molecule has 8 heteroatoms. The molecule has 0 aliphatic carbocycles. The molecule has 7 nitrogen and oxygen atoms in total. The van der Waals surface area contributed by atoms with Gasteiger partial charge in [0.15, 0.2) is 9.84 Å². The van der Waals surface area contributed by atoms with E-state index in [2.05, 4.69) is 10.2 Å². The van der Waals surface area contributed by atoms with Crippen molar-refractivity contribution in [3.05, 3.63) is 41.6 Å². The molecular weight excluding hydrogens is 330 g/mol. The Morgan fingerprint density at radius 2 is 1.96 bits per heavy atom. The first-order valence-corrected chi connectivity index (χ1v) is 9.63. The molecule has 1 aromatic carbocycles. The van der Waals surface area contributed by atoms with Crippen LogP contribution < -0.4 is 0 Å². The number of sulfone groups is 1. The quantitative estimate of drug-likeness (QED) is 0.839. The van der Waals surface area contributed by atoms with Crippen LogP contribution in [0.15, 0.2) is 33.6 Å². The third-order valence-electron chi connectivity index (χ3n) is 4.18. The number of piperidine rings is 1. The summed E-state index contributed by atoms with van der Waals surface area (Å²) in [6.07, 6.45) is 2.63. The molecule has 1 aliphatic heterocycles. The molecule has 0 N–H and O–H groups in total. The third kappa shape index (κ3) is 3.48. The fourth-order valence-electron chi connectivity index (χ4n) is 2.85. The minimum atomic E-state index is -3.33. The number of aromatic nitrogens is 2. The number of carbonyl (C=O) groups is 1. The first-order valence-electron chi connectivity index (χ1n) is 7.74. The minimum absolute atomic E-state index is 0.152. The summed E-state index contributed by atoms with van der Waals surface area (Å²) in [7, 11) is -3.33. The first kappa shape index (κ1) is 16.6. The largest absolute Gasteiger partial charge is 0.425 e. The molecule has 1 aliphatic rings. The van der Waals surface area contributed by atoms with Gasteiger partial charge in [-0.05, 0) is 31.0 Å². The van der Waals surface area contributed by atoms with Crippen molar-refractivity contribution in [1.82, 2.24) is 15.1 Å². The molecule has 2 heterocycles. The van der Waals surface area contributed by atoms with Crippen molar-refractivity contribution in [2.75, 3.05) is 19.3 Å². The van der Waals surface area contributed by atoms with Crippen molar-refractivity contribution in [2.24, 2.45) is 0 Å². The van der Waals surface area contributed by atoms with Gasteiger partial charge in [0.05, 0.1) is 4.90 Å². The highest BCUT2D eigenvalue weighted by Gasteiger charge is 2.27. The Balaban J connectivity index is 1.69. The summed E-state index contributed by atoms with van der Waals surface area (Å²) >= 11 is 0. The molecular formula is C16H19N3O4S. The summed E-state index contributed by atoms with van der Waals surface area (Å²) < 4.78 is 28.7. The van der Waals surface area contributed by atoms with Crippen LogP contribution in [0.3, 0.4) is 0 Å². The van der Waals surface area contributed by atoms with Crippen LogP contribution in [0.25, 0.3) is 0 Å². The van der Waals surface area contributed by atoms with E-state index in [0.717, 1.165) is 19.1 Å². The van der Waals surface area contributed by atoms with Crippen molar-refractivity contribution < 1.29 is 17.6 Å². The lowest BCUT2D eigenvalue weighted by atomic mass is 9.96. The lowest BCUT2D eigenvalue weighted by Gasteiger charge is -2.30. The average Bonchev–Trinajstić information content (AvgIpc) is 3.00. The highest BCUT2D eigenvalue weighted by Crippen LogP contribution is 2.27. The zero-order valence-electron chi connectivity index (χ0n) is 13.6. The molecule has 1 fully saturated rings. The molecule has 0 saturated carbocycles. The van der Waals surface area contributed by atoms with Gasteiger partial charge in [-0.1, -0.05) is 6.07 Å². The Kier molecular flexibility index (Phi) is 4.40. The third-order valence-corrected chi connectivity index (χ3v) is 5.29. The summed E-state index contributed by atoms with van der Waals surface area (Å²) in [5.74, 6) is 1.18. The first-order chi connectivity index (χ1) is 11.3. The maximum atomic E-state index is 12.6. The molecule has 128 valence electrons. The fourth-order valence-corrected chi connectivity index (χ4v) is 3.52. The van der Waals surface area contributed by atoms with Crippen molar-refractivity contribution in [3.63, 3.8) is 0 Å².